The highest BCUT2D eigenvalue weighted by molar-refractivity contribution is 5.98. The minimum Gasteiger partial charge on any atom is -0.383 e. The standard InChI is InChI=1S/C9H14N4O/c1-13-8(10)6(9(11)14)7(12-13)5-3-2-4-5/h5H,2-4,10H2,1H3,(H2,11,14). The fourth-order valence-corrected chi connectivity index (χ4v) is 1.78. The molecule has 4 N–H and O–H groups in total. The van der Waals surface area contributed by atoms with E-state index in [1.54, 1.807) is 7.05 Å². The Morgan fingerprint density at radius 3 is 2.64 bits per heavy atom. The number of nitrogen functional groups attached to an aromatic ring is 1. The minimum atomic E-state index is -0.475. The van der Waals surface area contributed by atoms with Crippen LogP contribution in [0.1, 0.15) is 41.2 Å². The highest BCUT2D eigenvalue weighted by atomic mass is 16.1. The molecule has 0 radical (unpaired) electrons. The molecule has 14 heavy (non-hydrogen) atoms. The van der Waals surface area contributed by atoms with Crippen molar-refractivity contribution in [2.24, 2.45) is 12.8 Å². The number of hydrogen-bond acceptors (Lipinski definition) is 3. The Labute approximate surface area is 82.1 Å². The number of rotatable bonds is 2. The van der Waals surface area contributed by atoms with Crippen LogP contribution in [0.4, 0.5) is 5.82 Å². The van der Waals surface area contributed by atoms with Gasteiger partial charge in [0, 0.05) is 13.0 Å². The van der Waals surface area contributed by atoms with Crippen LogP contribution in [-0.2, 0) is 7.05 Å². The van der Waals surface area contributed by atoms with E-state index in [4.69, 9.17) is 11.5 Å². The molecule has 1 saturated carbocycles. The second-order valence-electron chi connectivity index (χ2n) is 3.76. The molecule has 1 aliphatic rings. The Morgan fingerprint density at radius 2 is 2.21 bits per heavy atom. The summed E-state index contributed by atoms with van der Waals surface area (Å²) in [5, 5.41) is 4.24. The summed E-state index contributed by atoms with van der Waals surface area (Å²) in [6.07, 6.45) is 3.35. The molecule has 0 aliphatic heterocycles. The van der Waals surface area contributed by atoms with E-state index in [9.17, 15) is 4.79 Å². The van der Waals surface area contributed by atoms with Gasteiger partial charge in [-0.15, -0.1) is 0 Å². The number of anilines is 1. The Bertz CT molecular complexity index is 378. The highest BCUT2D eigenvalue weighted by Crippen LogP contribution is 2.38. The van der Waals surface area contributed by atoms with Crippen LogP contribution in [-0.4, -0.2) is 15.7 Å². The first-order valence-electron chi connectivity index (χ1n) is 4.73. The average Bonchev–Trinajstić information content (AvgIpc) is 2.24. The van der Waals surface area contributed by atoms with Crippen LogP contribution in [0.2, 0.25) is 0 Å². The van der Waals surface area contributed by atoms with Crippen molar-refractivity contribution in [1.29, 1.82) is 0 Å². The molecule has 76 valence electrons. The molecule has 5 heteroatoms. The maximum Gasteiger partial charge on any atom is 0.254 e. The molecule has 1 amide bonds. The first kappa shape index (κ1) is 9.05. The van der Waals surface area contributed by atoms with Crippen LogP contribution in [0.5, 0.6) is 0 Å². The highest BCUT2D eigenvalue weighted by Gasteiger charge is 2.29. The third-order valence-corrected chi connectivity index (χ3v) is 2.86. The first-order valence-corrected chi connectivity index (χ1v) is 4.73. The van der Waals surface area contributed by atoms with E-state index < -0.39 is 5.91 Å². The van der Waals surface area contributed by atoms with Crippen LogP contribution in [0, 0.1) is 0 Å². The van der Waals surface area contributed by atoms with Gasteiger partial charge in [-0.2, -0.15) is 5.10 Å². The van der Waals surface area contributed by atoms with Crippen molar-refractivity contribution in [3.05, 3.63) is 11.3 Å². The Morgan fingerprint density at radius 1 is 1.57 bits per heavy atom. The van der Waals surface area contributed by atoms with Crippen molar-refractivity contribution in [2.75, 3.05) is 5.73 Å². The summed E-state index contributed by atoms with van der Waals surface area (Å²) in [5.74, 6) is 0.276. The van der Waals surface area contributed by atoms with Crippen molar-refractivity contribution in [1.82, 2.24) is 9.78 Å². The second-order valence-corrected chi connectivity index (χ2v) is 3.76. The Hall–Kier alpha value is -1.52. The lowest BCUT2D eigenvalue weighted by atomic mass is 9.81. The molecular formula is C9H14N4O. The summed E-state index contributed by atoms with van der Waals surface area (Å²) >= 11 is 0. The summed E-state index contributed by atoms with van der Waals surface area (Å²) in [4.78, 5) is 11.2. The molecule has 1 aromatic heterocycles. The number of aryl methyl sites for hydroxylation is 1. The van der Waals surface area contributed by atoms with Gasteiger partial charge in [0.05, 0.1) is 5.69 Å². The van der Waals surface area contributed by atoms with Gasteiger partial charge >= 0.3 is 0 Å². The number of primary amides is 1. The minimum absolute atomic E-state index is 0.374. The van der Waals surface area contributed by atoms with Gasteiger partial charge in [-0.05, 0) is 12.8 Å². The molecule has 0 spiro atoms. The molecule has 0 bridgehead atoms. The van der Waals surface area contributed by atoms with Crippen molar-refractivity contribution >= 4 is 11.7 Å². The van der Waals surface area contributed by atoms with Crippen molar-refractivity contribution < 1.29 is 4.79 Å². The predicted octanol–water partition coefficient (Wildman–Crippen LogP) is 0.369. The number of nitrogens with two attached hydrogens (primary N) is 2. The molecule has 1 heterocycles. The molecule has 0 aromatic carbocycles. The molecule has 1 aromatic rings. The lowest BCUT2D eigenvalue weighted by Gasteiger charge is -2.23. The predicted molar refractivity (Wildman–Crippen MR) is 52.7 cm³/mol. The largest absolute Gasteiger partial charge is 0.383 e. The average molecular weight is 194 g/mol. The van der Waals surface area contributed by atoms with Crippen LogP contribution in [0.25, 0.3) is 0 Å². The monoisotopic (exact) mass is 194 g/mol. The molecular weight excluding hydrogens is 180 g/mol. The third kappa shape index (κ3) is 1.16. The smallest absolute Gasteiger partial charge is 0.254 e. The van der Waals surface area contributed by atoms with Crippen LogP contribution < -0.4 is 11.5 Å². The van der Waals surface area contributed by atoms with Crippen LogP contribution >= 0.6 is 0 Å². The van der Waals surface area contributed by atoms with Crippen molar-refractivity contribution in [2.45, 2.75) is 25.2 Å². The molecule has 1 aliphatic carbocycles. The molecule has 0 atom stereocenters. The fourth-order valence-electron chi connectivity index (χ4n) is 1.78. The zero-order valence-corrected chi connectivity index (χ0v) is 8.16. The summed E-state index contributed by atoms with van der Waals surface area (Å²) in [6, 6.07) is 0. The van der Waals surface area contributed by atoms with Crippen LogP contribution in [0.15, 0.2) is 0 Å². The van der Waals surface area contributed by atoms with E-state index in [0.717, 1.165) is 18.5 Å². The summed E-state index contributed by atoms with van der Waals surface area (Å²) in [7, 11) is 1.73. The van der Waals surface area contributed by atoms with E-state index in [0.29, 0.717) is 17.3 Å². The van der Waals surface area contributed by atoms with Crippen molar-refractivity contribution in [3.8, 4) is 0 Å². The number of aromatic nitrogens is 2. The van der Waals surface area contributed by atoms with Gasteiger partial charge in [-0.1, -0.05) is 6.42 Å². The number of hydrogen-bond donors (Lipinski definition) is 2. The van der Waals surface area contributed by atoms with E-state index in [1.807, 2.05) is 0 Å². The Balaban J connectivity index is 2.47. The number of amides is 1. The third-order valence-electron chi connectivity index (χ3n) is 2.86. The van der Waals surface area contributed by atoms with Gasteiger partial charge < -0.3 is 11.5 Å². The fraction of sp³-hybridized carbons (Fsp3) is 0.556. The SMILES string of the molecule is Cn1nc(C2CCC2)c(C(N)=O)c1N. The summed E-state index contributed by atoms with van der Waals surface area (Å²) < 4.78 is 1.52. The molecule has 2 rings (SSSR count). The van der Waals surface area contributed by atoms with Gasteiger partial charge in [0.2, 0.25) is 0 Å². The molecule has 1 fully saturated rings. The van der Waals surface area contributed by atoms with Crippen LogP contribution in [0.3, 0.4) is 0 Å². The van der Waals surface area contributed by atoms with Gasteiger partial charge in [0.15, 0.2) is 0 Å². The van der Waals surface area contributed by atoms with E-state index in [2.05, 4.69) is 5.10 Å². The van der Waals surface area contributed by atoms with E-state index in [-0.39, 0.29) is 0 Å². The summed E-state index contributed by atoms with van der Waals surface area (Å²) in [6.45, 7) is 0. The van der Waals surface area contributed by atoms with E-state index >= 15 is 0 Å². The van der Waals surface area contributed by atoms with Gasteiger partial charge in [-0.3, -0.25) is 9.48 Å². The molecule has 5 nitrogen and oxygen atoms in total. The number of carbonyl (C=O) groups is 1. The topological polar surface area (TPSA) is 86.9 Å². The van der Waals surface area contributed by atoms with Gasteiger partial charge in [0.25, 0.3) is 5.91 Å². The maximum atomic E-state index is 11.2. The zero-order chi connectivity index (χ0) is 10.3. The summed E-state index contributed by atoms with van der Waals surface area (Å²) in [5.41, 5.74) is 12.2. The quantitative estimate of drug-likeness (QED) is 0.713. The normalized spacial score (nSPS) is 16.6. The van der Waals surface area contributed by atoms with E-state index in [1.165, 1.54) is 11.1 Å². The second kappa shape index (κ2) is 3.01. The van der Waals surface area contributed by atoms with Gasteiger partial charge in [-0.25, -0.2) is 0 Å². The molecule has 0 saturated heterocycles. The lowest BCUT2D eigenvalue weighted by molar-refractivity contribution is 0.0999. The maximum absolute atomic E-state index is 11.2. The molecule has 0 unspecified atom stereocenters. The van der Waals surface area contributed by atoms with Crippen molar-refractivity contribution in [3.63, 3.8) is 0 Å². The number of nitrogens with zero attached hydrogens (tertiary/aromatic N) is 2. The number of carbonyl (C=O) groups excluding carboxylic acids is 1. The lowest BCUT2D eigenvalue weighted by Crippen LogP contribution is -2.18. The van der Waals surface area contributed by atoms with Gasteiger partial charge in [0.1, 0.15) is 11.4 Å². The first-order chi connectivity index (χ1) is 6.61. The zero-order valence-electron chi connectivity index (χ0n) is 8.16. The Kier molecular flexibility index (Phi) is 1.94.